The van der Waals surface area contributed by atoms with E-state index in [1.165, 1.54) is 0 Å². The third-order valence-electron chi connectivity index (χ3n) is 6.20. The normalized spacial score (nSPS) is 20.3. The lowest BCUT2D eigenvalue weighted by molar-refractivity contribution is -0.129. The van der Waals surface area contributed by atoms with Crippen LogP contribution in [0, 0.1) is 12.3 Å². The first-order chi connectivity index (χ1) is 15.9. The van der Waals surface area contributed by atoms with Gasteiger partial charge in [-0.3, -0.25) is 9.89 Å². The Labute approximate surface area is 198 Å². The van der Waals surface area contributed by atoms with Crippen LogP contribution in [-0.4, -0.2) is 53.9 Å². The highest BCUT2D eigenvalue weighted by atomic mass is 79.9. The number of anilines is 1. The smallest absolute Gasteiger partial charge is 0.225 e. The SMILES string of the molecule is CNC(=O)[C@]1(C)CC[C@@H](Nc2ncc3c(Br)nn(-c4ccc(-c5n[nH]c(C)n5)cc4)c3n2)C1. The van der Waals surface area contributed by atoms with Gasteiger partial charge in [0.15, 0.2) is 11.5 Å². The third kappa shape index (κ3) is 3.97. The summed E-state index contributed by atoms with van der Waals surface area (Å²) in [6.07, 6.45) is 4.21. The van der Waals surface area contributed by atoms with Crippen LogP contribution >= 0.6 is 15.9 Å². The number of H-pyrrole nitrogens is 1. The van der Waals surface area contributed by atoms with E-state index in [4.69, 9.17) is 4.98 Å². The molecule has 5 rings (SSSR count). The average molecular weight is 510 g/mol. The third-order valence-corrected chi connectivity index (χ3v) is 6.78. The number of hydrogen-bond acceptors (Lipinski definition) is 7. The van der Waals surface area contributed by atoms with Gasteiger partial charge >= 0.3 is 0 Å². The summed E-state index contributed by atoms with van der Waals surface area (Å²) in [5, 5.41) is 18.7. The molecule has 170 valence electrons. The number of fused-ring (bicyclic) bond motifs is 1. The van der Waals surface area contributed by atoms with Gasteiger partial charge in [0, 0.05) is 30.3 Å². The molecule has 0 bridgehead atoms. The van der Waals surface area contributed by atoms with Crippen molar-refractivity contribution in [3.05, 3.63) is 40.9 Å². The largest absolute Gasteiger partial charge is 0.359 e. The number of amides is 1. The van der Waals surface area contributed by atoms with Crippen LogP contribution in [0.4, 0.5) is 5.95 Å². The number of carbonyl (C=O) groups is 1. The molecule has 1 fully saturated rings. The highest BCUT2D eigenvalue weighted by molar-refractivity contribution is 9.10. The molecular weight excluding hydrogens is 486 g/mol. The average Bonchev–Trinajstić information content (AvgIpc) is 3.51. The molecule has 1 aliphatic rings. The monoisotopic (exact) mass is 509 g/mol. The van der Waals surface area contributed by atoms with E-state index < -0.39 is 0 Å². The standard InChI is InChI=1S/C22H24BrN9O/c1-12-26-18(30-29-12)13-4-6-15(7-5-13)32-19-16(17(23)31-32)11-25-21(28-19)27-14-8-9-22(2,10-14)20(33)24-3/h4-7,11,14H,8-10H2,1-3H3,(H,24,33)(H,25,27,28)(H,26,29,30)/t14-,22-/m1/s1. The Kier molecular flexibility index (Phi) is 5.35. The summed E-state index contributed by atoms with van der Waals surface area (Å²) in [6.45, 7) is 3.88. The maximum Gasteiger partial charge on any atom is 0.225 e. The molecule has 2 atom stereocenters. The number of benzene rings is 1. The number of aryl methyl sites for hydroxylation is 1. The minimum Gasteiger partial charge on any atom is -0.359 e. The molecule has 33 heavy (non-hydrogen) atoms. The van der Waals surface area contributed by atoms with Gasteiger partial charge in [0.1, 0.15) is 10.4 Å². The first-order valence-corrected chi connectivity index (χ1v) is 11.6. The van der Waals surface area contributed by atoms with Crippen molar-refractivity contribution in [1.29, 1.82) is 0 Å². The lowest BCUT2D eigenvalue weighted by Gasteiger charge is -2.22. The second-order valence-corrected chi connectivity index (χ2v) is 9.40. The van der Waals surface area contributed by atoms with E-state index in [1.54, 1.807) is 17.9 Å². The highest BCUT2D eigenvalue weighted by Crippen LogP contribution is 2.39. The van der Waals surface area contributed by atoms with Gasteiger partial charge in [-0.05, 0) is 66.4 Å². The van der Waals surface area contributed by atoms with Crippen LogP contribution in [0.5, 0.6) is 0 Å². The number of carbonyl (C=O) groups excluding carboxylic acids is 1. The zero-order valence-corrected chi connectivity index (χ0v) is 20.1. The van der Waals surface area contributed by atoms with Gasteiger partial charge in [-0.2, -0.15) is 15.2 Å². The number of hydrogen-bond donors (Lipinski definition) is 3. The zero-order chi connectivity index (χ0) is 23.2. The molecule has 0 unspecified atom stereocenters. The van der Waals surface area contributed by atoms with Crippen LogP contribution in [-0.2, 0) is 4.79 Å². The summed E-state index contributed by atoms with van der Waals surface area (Å²) in [7, 11) is 1.68. The second kappa shape index (κ2) is 8.22. The van der Waals surface area contributed by atoms with Gasteiger partial charge in [0.2, 0.25) is 11.9 Å². The number of rotatable bonds is 5. The fraction of sp³-hybridized carbons (Fsp3) is 0.364. The van der Waals surface area contributed by atoms with Gasteiger partial charge in [-0.15, -0.1) is 0 Å². The van der Waals surface area contributed by atoms with E-state index in [9.17, 15) is 4.79 Å². The quantitative estimate of drug-likeness (QED) is 0.376. The molecule has 1 amide bonds. The molecule has 0 saturated heterocycles. The molecule has 3 aromatic heterocycles. The maximum absolute atomic E-state index is 12.2. The Bertz CT molecular complexity index is 1330. The van der Waals surface area contributed by atoms with Crippen LogP contribution < -0.4 is 10.6 Å². The van der Waals surface area contributed by atoms with Crippen LogP contribution in [0.3, 0.4) is 0 Å². The first kappa shape index (κ1) is 21.5. The van der Waals surface area contributed by atoms with Crippen molar-refractivity contribution in [2.24, 2.45) is 5.41 Å². The van der Waals surface area contributed by atoms with Gasteiger partial charge in [0.05, 0.1) is 11.1 Å². The number of halogens is 1. The lowest BCUT2D eigenvalue weighted by atomic mass is 9.87. The van der Waals surface area contributed by atoms with Gasteiger partial charge in [-0.25, -0.2) is 14.6 Å². The summed E-state index contributed by atoms with van der Waals surface area (Å²) in [5.41, 5.74) is 2.09. The molecule has 4 aromatic rings. The van der Waals surface area contributed by atoms with Crippen molar-refractivity contribution in [3.63, 3.8) is 0 Å². The topological polar surface area (TPSA) is 126 Å². The summed E-state index contributed by atoms with van der Waals surface area (Å²) in [4.78, 5) is 25.8. The zero-order valence-electron chi connectivity index (χ0n) is 18.6. The lowest BCUT2D eigenvalue weighted by Crippen LogP contribution is -2.35. The summed E-state index contributed by atoms with van der Waals surface area (Å²) in [5.74, 6) is 2.02. The van der Waals surface area contributed by atoms with Gasteiger partial charge in [0.25, 0.3) is 0 Å². The van der Waals surface area contributed by atoms with Gasteiger partial charge in [-0.1, -0.05) is 6.92 Å². The Hall–Kier alpha value is -3.34. The second-order valence-electron chi connectivity index (χ2n) is 8.65. The summed E-state index contributed by atoms with van der Waals surface area (Å²) in [6, 6.07) is 7.96. The molecule has 0 aliphatic heterocycles. The molecule has 3 heterocycles. The Morgan fingerprint density at radius 3 is 2.76 bits per heavy atom. The minimum absolute atomic E-state index is 0.0776. The summed E-state index contributed by atoms with van der Waals surface area (Å²) < 4.78 is 2.45. The number of aromatic amines is 1. The van der Waals surface area contributed by atoms with Crippen LogP contribution in [0.15, 0.2) is 35.1 Å². The van der Waals surface area contributed by atoms with Crippen molar-refractivity contribution >= 4 is 38.8 Å². The van der Waals surface area contributed by atoms with Crippen LogP contribution in [0.25, 0.3) is 28.1 Å². The van der Waals surface area contributed by atoms with Gasteiger partial charge < -0.3 is 10.6 Å². The van der Waals surface area contributed by atoms with Crippen molar-refractivity contribution in [2.45, 2.75) is 39.2 Å². The molecule has 0 radical (unpaired) electrons. The first-order valence-electron chi connectivity index (χ1n) is 10.8. The minimum atomic E-state index is -0.370. The predicted octanol–water partition coefficient (Wildman–Crippen LogP) is 3.39. The molecular formula is C22H24BrN9O. The highest BCUT2D eigenvalue weighted by Gasteiger charge is 2.40. The van der Waals surface area contributed by atoms with E-state index in [0.29, 0.717) is 22.0 Å². The number of aromatic nitrogens is 7. The molecule has 3 N–H and O–H groups in total. The van der Waals surface area contributed by atoms with Crippen LogP contribution in [0.1, 0.15) is 32.0 Å². The van der Waals surface area contributed by atoms with E-state index >= 15 is 0 Å². The molecule has 11 heteroatoms. The van der Waals surface area contributed by atoms with E-state index in [2.05, 4.69) is 51.8 Å². The van der Waals surface area contributed by atoms with Crippen molar-refractivity contribution in [2.75, 3.05) is 12.4 Å². The predicted molar refractivity (Wildman–Crippen MR) is 128 cm³/mol. The maximum atomic E-state index is 12.2. The van der Waals surface area contributed by atoms with E-state index in [1.807, 2.05) is 38.1 Å². The Balaban J connectivity index is 1.42. The van der Waals surface area contributed by atoms with E-state index in [0.717, 1.165) is 41.7 Å². The van der Waals surface area contributed by atoms with Crippen molar-refractivity contribution in [3.8, 4) is 17.1 Å². The number of nitrogens with zero attached hydrogens (tertiary/aromatic N) is 6. The fourth-order valence-electron chi connectivity index (χ4n) is 4.40. The number of nitrogens with one attached hydrogen (secondary N) is 3. The van der Waals surface area contributed by atoms with E-state index in [-0.39, 0.29) is 17.4 Å². The van der Waals surface area contributed by atoms with Crippen LogP contribution in [0.2, 0.25) is 0 Å². The van der Waals surface area contributed by atoms with Crippen molar-refractivity contribution in [1.82, 2.24) is 40.2 Å². The van der Waals surface area contributed by atoms with Crippen molar-refractivity contribution < 1.29 is 4.79 Å². The molecule has 1 aromatic carbocycles. The molecule has 0 spiro atoms. The molecule has 10 nitrogen and oxygen atoms in total. The molecule has 1 saturated carbocycles. The molecule has 1 aliphatic carbocycles. The Morgan fingerprint density at radius 2 is 2.06 bits per heavy atom. The Morgan fingerprint density at radius 1 is 1.27 bits per heavy atom. The fourth-order valence-corrected chi connectivity index (χ4v) is 4.83. The summed E-state index contributed by atoms with van der Waals surface area (Å²) >= 11 is 3.52.